The van der Waals surface area contributed by atoms with Crippen molar-refractivity contribution in [3.63, 3.8) is 0 Å². The number of carboxylic acid groups (broad SMARTS) is 1. The molecule has 3 unspecified atom stereocenters. The highest BCUT2D eigenvalue weighted by Crippen LogP contribution is 2.39. The molecular weight excluding hydrogens is 272 g/mol. The maximum Gasteiger partial charge on any atom is 0.319 e. The molecular formula is C15H26N2O4. The number of aliphatic carboxylic acids is 1. The molecule has 6 nitrogen and oxygen atoms in total. The van der Waals surface area contributed by atoms with E-state index in [1.165, 1.54) is 4.90 Å². The van der Waals surface area contributed by atoms with Crippen molar-refractivity contribution in [2.45, 2.75) is 44.6 Å². The number of hydrogen-bond donors (Lipinski definition) is 2. The largest absolute Gasteiger partial charge is 0.481 e. The maximum atomic E-state index is 12.4. The van der Waals surface area contributed by atoms with Gasteiger partial charge in [0.1, 0.15) is 0 Å². The Balaban J connectivity index is 1.93. The Morgan fingerprint density at radius 1 is 1.38 bits per heavy atom. The molecule has 1 saturated carbocycles. The highest BCUT2D eigenvalue weighted by Gasteiger charge is 2.44. The van der Waals surface area contributed by atoms with Crippen molar-refractivity contribution in [2.24, 2.45) is 11.8 Å². The summed E-state index contributed by atoms with van der Waals surface area (Å²) in [4.78, 5) is 26.5. The molecule has 1 aliphatic carbocycles. The number of fused-ring (bicyclic) bond motifs is 1. The van der Waals surface area contributed by atoms with Gasteiger partial charge in [0, 0.05) is 32.6 Å². The number of aliphatic hydroxyl groups is 1. The van der Waals surface area contributed by atoms with Crippen molar-refractivity contribution in [1.29, 1.82) is 0 Å². The maximum absolute atomic E-state index is 12.4. The number of likely N-dealkylation sites (tertiary alicyclic amines) is 1. The molecule has 1 aliphatic heterocycles. The SMILES string of the molecule is CC(CN(C)C(=O)N1CCC2(O)CCCCC2C1)C(=O)O. The van der Waals surface area contributed by atoms with Crippen LogP contribution in [0.3, 0.4) is 0 Å². The molecule has 2 fully saturated rings. The molecule has 2 amide bonds. The number of piperidine rings is 1. The summed E-state index contributed by atoms with van der Waals surface area (Å²) in [5.41, 5.74) is -0.595. The summed E-state index contributed by atoms with van der Waals surface area (Å²) < 4.78 is 0. The quantitative estimate of drug-likeness (QED) is 0.825. The summed E-state index contributed by atoms with van der Waals surface area (Å²) in [5.74, 6) is -1.31. The molecule has 3 atom stereocenters. The van der Waals surface area contributed by atoms with Gasteiger partial charge in [0.05, 0.1) is 11.5 Å². The van der Waals surface area contributed by atoms with Crippen LogP contribution in [0.4, 0.5) is 4.79 Å². The second-order valence-corrected chi connectivity index (χ2v) is 6.64. The molecule has 0 aromatic heterocycles. The van der Waals surface area contributed by atoms with Gasteiger partial charge in [-0.15, -0.1) is 0 Å². The van der Waals surface area contributed by atoms with E-state index in [1.807, 2.05) is 0 Å². The number of carboxylic acids is 1. The molecule has 2 aliphatic rings. The summed E-state index contributed by atoms with van der Waals surface area (Å²) in [6, 6.07) is -0.129. The fourth-order valence-corrected chi connectivity index (χ4v) is 3.55. The van der Waals surface area contributed by atoms with Crippen molar-refractivity contribution in [2.75, 3.05) is 26.7 Å². The molecule has 21 heavy (non-hydrogen) atoms. The van der Waals surface area contributed by atoms with E-state index < -0.39 is 17.5 Å². The van der Waals surface area contributed by atoms with E-state index >= 15 is 0 Å². The third kappa shape index (κ3) is 3.48. The lowest BCUT2D eigenvalue weighted by Gasteiger charge is -2.48. The van der Waals surface area contributed by atoms with Crippen molar-refractivity contribution in [3.05, 3.63) is 0 Å². The molecule has 0 aromatic carbocycles. The number of amides is 2. The van der Waals surface area contributed by atoms with Gasteiger partial charge >= 0.3 is 12.0 Å². The summed E-state index contributed by atoms with van der Waals surface area (Å²) >= 11 is 0. The minimum Gasteiger partial charge on any atom is -0.481 e. The Bertz CT molecular complexity index is 414. The minimum absolute atomic E-state index is 0.129. The Morgan fingerprint density at radius 2 is 2.10 bits per heavy atom. The van der Waals surface area contributed by atoms with Crippen molar-refractivity contribution in [1.82, 2.24) is 9.80 Å². The predicted molar refractivity (Wildman–Crippen MR) is 77.9 cm³/mol. The van der Waals surface area contributed by atoms with E-state index in [4.69, 9.17) is 5.11 Å². The first-order chi connectivity index (χ1) is 9.83. The van der Waals surface area contributed by atoms with Crippen LogP contribution in [0.5, 0.6) is 0 Å². The number of nitrogens with zero attached hydrogens (tertiary/aromatic N) is 2. The van der Waals surface area contributed by atoms with Gasteiger partial charge in [-0.3, -0.25) is 4.79 Å². The Morgan fingerprint density at radius 3 is 2.76 bits per heavy atom. The lowest BCUT2D eigenvalue weighted by Crippen LogP contribution is -2.56. The first-order valence-electron chi connectivity index (χ1n) is 7.79. The Labute approximate surface area is 125 Å². The van der Waals surface area contributed by atoms with Gasteiger partial charge in [-0.1, -0.05) is 19.8 Å². The van der Waals surface area contributed by atoms with Crippen LogP contribution < -0.4 is 0 Å². The Hall–Kier alpha value is -1.30. The van der Waals surface area contributed by atoms with E-state index in [-0.39, 0.29) is 18.5 Å². The van der Waals surface area contributed by atoms with Gasteiger partial charge in [-0.25, -0.2) is 4.79 Å². The lowest BCUT2D eigenvalue weighted by atomic mass is 9.71. The molecule has 2 N–H and O–H groups in total. The molecule has 0 bridgehead atoms. The summed E-state index contributed by atoms with van der Waals surface area (Å²) in [6.07, 6.45) is 4.62. The fourth-order valence-electron chi connectivity index (χ4n) is 3.55. The van der Waals surface area contributed by atoms with Crippen LogP contribution in [0.1, 0.15) is 39.0 Å². The monoisotopic (exact) mass is 298 g/mol. The smallest absolute Gasteiger partial charge is 0.319 e. The van der Waals surface area contributed by atoms with Gasteiger partial charge < -0.3 is 20.0 Å². The van der Waals surface area contributed by atoms with Gasteiger partial charge in [-0.05, 0) is 19.3 Å². The topological polar surface area (TPSA) is 81.1 Å². The predicted octanol–water partition coefficient (Wildman–Crippen LogP) is 1.39. The summed E-state index contributed by atoms with van der Waals surface area (Å²) in [6.45, 7) is 2.94. The van der Waals surface area contributed by atoms with Crippen LogP contribution in [0.2, 0.25) is 0 Å². The van der Waals surface area contributed by atoms with Gasteiger partial charge in [0.15, 0.2) is 0 Å². The molecule has 0 aromatic rings. The molecule has 120 valence electrons. The molecule has 1 heterocycles. The van der Waals surface area contributed by atoms with Gasteiger partial charge in [-0.2, -0.15) is 0 Å². The summed E-state index contributed by atoms with van der Waals surface area (Å²) in [7, 11) is 1.64. The summed E-state index contributed by atoms with van der Waals surface area (Å²) in [5, 5.41) is 19.5. The van der Waals surface area contributed by atoms with E-state index in [0.717, 1.165) is 25.7 Å². The number of carbonyl (C=O) groups excluding carboxylic acids is 1. The molecule has 0 radical (unpaired) electrons. The van der Waals surface area contributed by atoms with Crippen LogP contribution in [-0.2, 0) is 4.79 Å². The van der Waals surface area contributed by atoms with Crippen LogP contribution in [0.25, 0.3) is 0 Å². The normalized spacial score (nSPS) is 30.4. The zero-order valence-corrected chi connectivity index (χ0v) is 12.9. The number of urea groups is 1. The zero-order valence-electron chi connectivity index (χ0n) is 12.9. The van der Waals surface area contributed by atoms with Gasteiger partial charge in [0.2, 0.25) is 0 Å². The zero-order chi connectivity index (χ0) is 15.6. The van der Waals surface area contributed by atoms with Gasteiger partial charge in [0.25, 0.3) is 0 Å². The van der Waals surface area contributed by atoms with E-state index in [1.54, 1.807) is 18.9 Å². The highest BCUT2D eigenvalue weighted by atomic mass is 16.4. The first-order valence-corrected chi connectivity index (χ1v) is 7.79. The second kappa shape index (κ2) is 6.22. The van der Waals surface area contributed by atoms with E-state index in [9.17, 15) is 14.7 Å². The third-order valence-corrected chi connectivity index (χ3v) is 4.99. The van der Waals surface area contributed by atoms with Crippen molar-refractivity contribution < 1.29 is 19.8 Å². The number of rotatable bonds is 3. The fraction of sp³-hybridized carbons (Fsp3) is 0.867. The van der Waals surface area contributed by atoms with Crippen molar-refractivity contribution >= 4 is 12.0 Å². The lowest BCUT2D eigenvalue weighted by molar-refractivity contribution is -0.141. The van der Waals surface area contributed by atoms with Crippen LogP contribution in [0, 0.1) is 11.8 Å². The van der Waals surface area contributed by atoms with E-state index in [2.05, 4.69) is 0 Å². The first kappa shape index (κ1) is 16.1. The average molecular weight is 298 g/mol. The van der Waals surface area contributed by atoms with Crippen LogP contribution in [-0.4, -0.2) is 64.3 Å². The number of carbonyl (C=O) groups is 2. The molecule has 1 saturated heterocycles. The molecule has 2 rings (SSSR count). The standard InChI is InChI=1S/C15H26N2O4/c1-11(13(18)19)9-16(2)14(20)17-8-7-15(21)6-4-3-5-12(15)10-17/h11-12,21H,3-10H2,1-2H3,(H,18,19). The minimum atomic E-state index is -0.894. The third-order valence-electron chi connectivity index (χ3n) is 4.99. The average Bonchev–Trinajstić information content (AvgIpc) is 2.45. The van der Waals surface area contributed by atoms with Crippen molar-refractivity contribution in [3.8, 4) is 0 Å². The van der Waals surface area contributed by atoms with E-state index in [0.29, 0.717) is 19.5 Å². The number of hydrogen-bond acceptors (Lipinski definition) is 3. The highest BCUT2D eigenvalue weighted by molar-refractivity contribution is 5.76. The van der Waals surface area contributed by atoms with Crippen LogP contribution in [0.15, 0.2) is 0 Å². The van der Waals surface area contributed by atoms with Crippen LogP contribution >= 0.6 is 0 Å². The second-order valence-electron chi connectivity index (χ2n) is 6.64. The Kier molecular flexibility index (Phi) is 4.76. The molecule has 6 heteroatoms. The molecule has 0 spiro atoms.